The topological polar surface area (TPSA) is 15.8 Å². The maximum absolute atomic E-state index is 3.92. The van der Waals surface area contributed by atoms with Crippen molar-refractivity contribution < 1.29 is 0 Å². The number of rotatable bonds is 1. The highest BCUT2D eigenvalue weighted by molar-refractivity contribution is 5.86. The molecule has 0 amide bonds. The van der Waals surface area contributed by atoms with Crippen LogP contribution in [0.1, 0.15) is 18.2 Å². The highest BCUT2D eigenvalue weighted by atomic mass is 14.7. The molecule has 0 aliphatic rings. The molecule has 66 valence electrons. The Morgan fingerprint density at radius 2 is 2.15 bits per heavy atom. The van der Waals surface area contributed by atoms with E-state index in [0.29, 0.717) is 0 Å². The summed E-state index contributed by atoms with van der Waals surface area (Å²) < 4.78 is 0. The predicted octanol–water partition coefficient (Wildman–Crippen LogP) is 3.51. The Kier molecular flexibility index (Phi) is 1.73. The summed E-state index contributed by atoms with van der Waals surface area (Å²) in [6, 6.07) is 8.44. The first kappa shape index (κ1) is 8.11. The van der Waals surface area contributed by atoms with Crippen molar-refractivity contribution in [2.75, 3.05) is 0 Å². The largest absolute Gasteiger partial charge is 0.355 e. The van der Waals surface area contributed by atoms with Crippen molar-refractivity contribution >= 4 is 16.5 Å². The SMILES string of the molecule is C=C(C)c1cc2c(C)cccc2[nH]1. The molecule has 0 radical (unpaired) electrons. The second-order valence-electron chi connectivity index (χ2n) is 3.50. The maximum atomic E-state index is 3.92. The summed E-state index contributed by atoms with van der Waals surface area (Å²) in [6.45, 7) is 8.06. The van der Waals surface area contributed by atoms with E-state index in [0.717, 1.165) is 11.3 Å². The summed E-state index contributed by atoms with van der Waals surface area (Å²) in [5, 5.41) is 1.29. The van der Waals surface area contributed by atoms with Crippen molar-refractivity contribution in [1.82, 2.24) is 4.98 Å². The van der Waals surface area contributed by atoms with Gasteiger partial charge in [-0.15, -0.1) is 0 Å². The summed E-state index contributed by atoms with van der Waals surface area (Å²) in [7, 11) is 0. The van der Waals surface area contributed by atoms with Crippen molar-refractivity contribution in [2.24, 2.45) is 0 Å². The second-order valence-corrected chi connectivity index (χ2v) is 3.50. The minimum absolute atomic E-state index is 1.08. The number of benzene rings is 1. The molecule has 0 aliphatic carbocycles. The minimum Gasteiger partial charge on any atom is -0.355 e. The molecule has 1 aromatic heterocycles. The third-order valence-corrected chi connectivity index (χ3v) is 2.34. The molecule has 2 aromatic rings. The number of aryl methyl sites for hydroxylation is 1. The summed E-state index contributed by atoms with van der Waals surface area (Å²) in [5.74, 6) is 0. The number of aromatic amines is 1. The number of fused-ring (bicyclic) bond motifs is 1. The fraction of sp³-hybridized carbons (Fsp3) is 0.167. The van der Waals surface area contributed by atoms with Crippen LogP contribution in [0.2, 0.25) is 0 Å². The van der Waals surface area contributed by atoms with E-state index in [2.05, 4.69) is 42.8 Å². The highest BCUT2D eigenvalue weighted by Gasteiger charge is 2.01. The molecule has 0 fully saturated rings. The van der Waals surface area contributed by atoms with Crippen LogP contribution in [-0.4, -0.2) is 4.98 Å². The van der Waals surface area contributed by atoms with E-state index >= 15 is 0 Å². The van der Waals surface area contributed by atoms with E-state index in [4.69, 9.17) is 0 Å². The lowest BCUT2D eigenvalue weighted by atomic mass is 10.1. The van der Waals surface area contributed by atoms with E-state index in [1.54, 1.807) is 0 Å². The van der Waals surface area contributed by atoms with Gasteiger partial charge in [0, 0.05) is 16.6 Å². The lowest BCUT2D eigenvalue weighted by molar-refractivity contribution is 1.39. The van der Waals surface area contributed by atoms with Gasteiger partial charge in [-0.1, -0.05) is 18.7 Å². The van der Waals surface area contributed by atoms with Crippen molar-refractivity contribution in [3.8, 4) is 0 Å². The summed E-state index contributed by atoms with van der Waals surface area (Å²) in [6.07, 6.45) is 0. The van der Waals surface area contributed by atoms with Crippen LogP contribution in [-0.2, 0) is 0 Å². The van der Waals surface area contributed by atoms with Gasteiger partial charge in [-0.05, 0) is 37.1 Å². The van der Waals surface area contributed by atoms with Crippen LogP contribution < -0.4 is 0 Å². The molecule has 1 heterocycles. The Hall–Kier alpha value is -1.50. The van der Waals surface area contributed by atoms with E-state index in [9.17, 15) is 0 Å². The molecule has 0 bridgehead atoms. The first-order valence-electron chi connectivity index (χ1n) is 4.42. The van der Waals surface area contributed by atoms with Gasteiger partial charge >= 0.3 is 0 Å². The number of allylic oxidation sites excluding steroid dienone is 1. The van der Waals surface area contributed by atoms with Crippen molar-refractivity contribution in [1.29, 1.82) is 0 Å². The van der Waals surface area contributed by atoms with Gasteiger partial charge in [0.2, 0.25) is 0 Å². The Morgan fingerprint density at radius 1 is 1.38 bits per heavy atom. The highest BCUT2D eigenvalue weighted by Crippen LogP contribution is 2.22. The van der Waals surface area contributed by atoms with Gasteiger partial charge in [-0.2, -0.15) is 0 Å². The Balaban J connectivity index is 2.75. The minimum atomic E-state index is 1.08. The number of nitrogens with one attached hydrogen (secondary N) is 1. The van der Waals surface area contributed by atoms with Gasteiger partial charge in [0.25, 0.3) is 0 Å². The fourth-order valence-corrected chi connectivity index (χ4v) is 1.54. The van der Waals surface area contributed by atoms with E-state index in [-0.39, 0.29) is 0 Å². The van der Waals surface area contributed by atoms with Gasteiger partial charge in [-0.25, -0.2) is 0 Å². The lowest BCUT2D eigenvalue weighted by Crippen LogP contribution is -1.74. The standard InChI is InChI=1S/C12H13N/c1-8(2)12-7-10-9(3)5-4-6-11(10)13-12/h4-7,13H,1H2,2-3H3. The zero-order valence-electron chi connectivity index (χ0n) is 8.02. The van der Waals surface area contributed by atoms with Crippen molar-refractivity contribution in [3.05, 3.63) is 42.1 Å². The molecular formula is C12H13N. The van der Waals surface area contributed by atoms with Crippen LogP contribution in [0.3, 0.4) is 0 Å². The van der Waals surface area contributed by atoms with Crippen molar-refractivity contribution in [2.45, 2.75) is 13.8 Å². The van der Waals surface area contributed by atoms with Crippen LogP contribution >= 0.6 is 0 Å². The summed E-state index contributed by atoms with van der Waals surface area (Å²) in [5.41, 5.74) is 4.71. The van der Waals surface area contributed by atoms with Crippen molar-refractivity contribution in [3.63, 3.8) is 0 Å². The van der Waals surface area contributed by atoms with E-state index in [1.807, 2.05) is 6.92 Å². The smallest absolute Gasteiger partial charge is 0.0461 e. The van der Waals surface area contributed by atoms with Crippen LogP contribution in [0.25, 0.3) is 16.5 Å². The van der Waals surface area contributed by atoms with E-state index in [1.165, 1.54) is 16.5 Å². The molecular weight excluding hydrogens is 158 g/mol. The number of hydrogen-bond acceptors (Lipinski definition) is 0. The van der Waals surface area contributed by atoms with Gasteiger partial charge < -0.3 is 4.98 Å². The Morgan fingerprint density at radius 3 is 2.77 bits per heavy atom. The summed E-state index contributed by atoms with van der Waals surface area (Å²) in [4.78, 5) is 3.34. The normalized spacial score (nSPS) is 10.6. The fourth-order valence-electron chi connectivity index (χ4n) is 1.54. The molecule has 1 aromatic carbocycles. The lowest BCUT2D eigenvalue weighted by Gasteiger charge is -1.92. The monoisotopic (exact) mass is 171 g/mol. The van der Waals surface area contributed by atoms with E-state index < -0.39 is 0 Å². The van der Waals surface area contributed by atoms with Gasteiger partial charge in [0.05, 0.1) is 0 Å². The molecule has 0 atom stereocenters. The third kappa shape index (κ3) is 1.26. The average Bonchev–Trinajstić information content (AvgIpc) is 2.49. The molecule has 0 spiro atoms. The van der Waals surface area contributed by atoms with Gasteiger partial charge in [0.15, 0.2) is 0 Å². The molecule has 0 aliphatic heterocycles. The molecule has 13 heavy (non-hydrogen) atoms. The molecule has 2 rings (SSSR count). The van der Waals surface area contributed by atoms with Gasteiger partial charge in [0.1, 0.15) is 0 Å². The second kappa shape index (κ2) is 2.77. The van der Waals surface area contributed by atoms with Crippen LogP contribution in [0, 0.1) is 6.92 Å². The molecule has 1 N–H and O–H groups in total. The van der Waals surface area contributed by atoms with Crippen LogP contribution in [0.5, 0.6) is 0 Å². The van der Waals surface area contributed by atoms with Crippen LogP contribution in [0.15, 0.2) is 30.8 Å². The average molecular weight is 171 g/mol. The zero-order chi connectivity index (χ0) is 9.42. The first-order chi connectivity index (χ1) is 6.18. The third-order valence-electron chi connectivity index (χ3n) is 2.34. The zero-order valence-corrected chi connectivity index (χ0v) is 8.02. The molecule has 1 heteroatoms. The predicted molar refractivity (Wildman–Crippen MR) is 57.7 cm³/mol. The first-order valence-corrected chi connectivity index (χ1v) is 4.42. The Bertz CT molecular complexity index is 463. The molecule has 0 unspecified atom stereocenters. The maximum Gasteiger partial charge on any atom is 0.0461 e. The number of aromatic nitrogens is 1. The number of H-pyrrole nitrogens is 1. The van der Waals surface area contributed by atoms with Gasteiger partial charge in [-0.3, -0.25) is 0 Å². The molecule has 1 nitrogen and oxygen atoms in total. The Labute approximate surface area is 78.1 Å². The van der Waals surface area contributed by atoms with Crippen LogP contribution in [0.4, 0.5) is 0 Å². The molecule has 0 saturated carbocycles. The summed E-state index contributed by atoms with van der Waals surface area (Å²) >= 11 is 0. The quantitative estimate of drug-likeness (QED) is 0.675. The molecule has 0 saturated heterocycles. The number of hydrogen-bond donors (Lipinski definition) is 1.